The minimum atomic E-state index is -0.0592. The van der Waals surface area contributed by atoms with E-state index < -0.39 is 0 Å². The number of hydrogen-bond donors (Lipinski definition) is 3. The van der Waals surface area contributed by atoms with Crippen LogP contribution >= 0.6 is 0 Å². The lowest BCUT2D eigenvalue weighted by Gasteiger charge is -2.11. The summed E-state index contributed by atoms with van der Waals surface area (Å²) in [7, 11) is 0. The van der Waals surface area contributed by atoms with Gasteiger partial charge in [0.2, 0.25) is 5.89 Å². The molecule has 0 aliphatic heterocycles. The fourth-order valence-corrected chi connectivity index (χ4v) is 2.82. The molecule has 8 nitrogen and oxygen atoms in total. The number of rotatable bonds is 10. The second-order valence-corrected chi connectivity index (χ2v) is 7.40. The van der Waals surface area contributed by atoms with Crippen LogP contribution in [0, 0.1) is 13.8 Å². The average molecular weight is 414 g/mol. The summed E-state index contributed by atoms with van der Waals surface area (Å²) in [6.07, 6.45) is 2.99. The summed E-state index contributed by atoms with van der Waals surface area (Å²) in [4.78, 5) is 20.6. The molecule has 30 heavy (non-hydrogen) atoms. The lowest BCUT2D eigenvalue weighted by atomic mass is 10.1. The van der Waals surface area contributed by atoms with E-state index in [1.165, 1.54) is 5.56 Å². The van der Waals surface area contributed by atoms with Crippen molar-refractivity contribution in [1.82, 2.24) is 20.9 Å². The van der Waals surface area contributed by atoms with Gasteiger partial charge in [0.1, 0.15) is 18.1 Å². The van der Waals surface area contributed by atoms with E-state index in [0.29, 0.717) is 24.2 Å². The monoisotopic (exact) mass is 413 g/mol. The third-order valence-corrected chi connectivity index (χ3v) is 4.73. The van der Waals surface area contributed by atoms with Gasteiger partial charge in [-0.25, -0.2) is 9.98 Å². The van der Waals surface area contributed by atoms with Crippen molar-refractivity contribution in [2.75, 3.05) is 19.7 Å². The topological polar surface area (TPSA) is 101 Å². The van der Waals surface area contributed by atoms with Gasteiger partial charge in [0.25, 0.3) is 5.91 Å². The Morgan fingerprint density at radius 2 is 2.00 bits per heavy atom. The van der Waals surface area contributed by atoms with Crippen LogP contribution in [0.4, 0.5) is 0 Å². The quantitative estimate of drug-likeness (QED) is 0.408. The number of hydrogen-bond acceptors (Lipinski definition) is 5. The van der Waals surface area contributed by atoms with Gasteiger partial charge in [-0.1, -0.05) is 12.1 Å². The number of carbonyl (C=O) groups is 1. The molecule has 162 valence electrons. The third-order valence-electron chi connectivity index (χ3n) is 4.73. The first-order chi connectivity index (χ1) is 14.5. The summed E-state index contributed by atoms with van der Waals surface area (Å²) in [6.45, 7) is 7.82. The fourth-order valence-electron chi connectivity index (χ4n) is 2.82. The summed E-state index contributed by atoms with van der Waals surface area (Å²) in [5.74, 6) is 2.81. The van der Waals surface area contributed by atoms with Crippen LogP contribution < -0.4 is 20.7 Å². The summed E-state index contributed by atoms with van der Waals surface area (Å²) in [6, 6.07) is 8.17. The number of oxazole rings is 1. The molecule has 2 aromatic rings. The summed E-state index contributed by atoms with van der Waals surface area (Å²) in [5.41, 5.74) is 2.07. The third kappa shape index (κ3) is 7.09. The van der Waals surface area contributed by atoms with E-state index in [9.17, 15) is 4.79 Å². The Balaban J connectivity index is 1.41. The Kier molecular flexibility index (Phi) is 7.70. The first kappa shape index (κ1) is 21.7. The summed E-state index contributed by atoms with van der Waals surface area (Å²) >= 11 is 0. The minimum Gasteiger partial charge on any atom is -0.484 e. The van der Waals surface area contributed by atoms with E-state index in [1.54, 1.807) is 0 Å². The van der Waals surface area contributed by atoms with Crippen molar-refractivity contribution in [3.63, 3.8) is 0 Å². The van der Waals surface area contributed by atoms with Crippen LogP contribution in [-0.2, 0) is 17.8 Å². The molecule has 0 atom stereocenters. The zero-order valence-corrected chi connectivity index (χ0v) is 18.0. The molecule has 1 aromatic heterocycles. The van der Waals surface area contributed by atoms with Gasteiger partial charge in [0.05, 0.1) is 5.69 Å². The van der Waals surface area contributed by atoms with Gasteiger partial charge in [-0.15, -0.1) is 0 Å². The average Bonchev–Trinajstić information content (AvgIpc) is 3.48. The van der Waals surface area contributed by atoms with Gasteiger partial charge < -0.3 is 25.1 Å². The molecular formula is C22H31N5O3. The molecular weight excluding hydrogens is 382 g/mol. The Morgan fingerprint density at radius 1 is 1.23 bits per heavy atom. The number of amides is 1. The molecule has 1 fully saturated rings. The number of carbonyl (C=O) groups excluding carboxylic acids is 1. The molecule has 3 rings (SSSR count). The van der Waals surface area contributed by atoms with Crippen molar-refractivity contribution < 1.29 is 13.9 Å². The highest BCUT2D eigenvalue weighted by Crippen LogP contribution is 2.18. The molecule has 1 aromatic carbocycles. The molecule has 0 radical (unpaired) electrons. The standard InChI is InChI=1S/C22H31N5O3/c1-4-23-22(25-13-21-26-15(2)16(3)30-21)24-12-11-17-5-9-19(10-6-17)29-14-20(28)27-18-7-8-18/h5-6,9-10,18H,4,7-8,11-14H2,1-3H3,(H,27,28)(H2,23,24,25). The van der Waals surface area contributed by atoms with Crippen molar-refractivity contribution in [2.45, 2.75) is 52.6 Å². The van der Waals surface area contributed by atoms with Crippen LogP contribution in [-0.4, -0.2) is 42.6 Å². The molecule has 0 spiro atoms. The van der Waals surface area contributed by atoms with Crippen molar-refractivity contribution in [3.8, 4) is 5.75 Å². The molecule has 0 bridgehead atoms. The van der Waals surface area contributed by atoms with E-state index in [1.807, 2.05) is 45.0 Å². The summed E-state index contributed by atoms with van der Waals surface area (Å²) in [5, 5.41) is 9.46. The largest absolute Gasteiger partial charge is 0.484 e. The highest BCUT2D eigenvalue weighted by atomic mass is 16.5. The number of aromatic nitrogens is 1. The predicted octanol–water partition coefficient (Wildman–Crippen LogP) is 2.25. The Hall–Kier alpha value is -3.03. The molecule has 8 heteroatoms. The van der Waals surface area contributed by atoms with E-state index in [-0.39, 0.29) is 12.5 Å². The maximum absolute atomic E-state index is 11.7. The van der Waals surface area contributed by atoms with E-state index >= 15 is 0 Å². The molecule has 1 saturated carbocycles. The molecule has 0 unspecified atom stereocenters. The van der Waals surface area contributed by atoms with Crippen LogP contribution in [0.5, 0.6) is 5.75 Å². The zero-order chi connectivity index (χ0) is 21.3. The Labute approximate surface area is 177 Å². The Morgan fingerprint density at radius 3 is 2.63 bits per heavy atom. The zero-order valence-electron chi connectivity index (χ0n) is 18.0. The lowest BCUT2D eigenvalue weighted by molar-refractivity contribution is -0.123. The minimum absolute atomic E-state index is 0.0590. The van der Waals surface area contributed by atoms with Gasteiger partial charge in [-0.05, 0) is 57.7 Å². The van der Waals surface area contributed by atoms with Crippen LogP contribution in [0.2, 0.25) is 0 Å². The SMILES string of the molecule is CCNC(=NCc1nc(C)c(C)o1)NCCc1ccc(OCC(=O)NC2CC2)cc1. The molecule has 1 aliphatic rings. The van der Waals surface area contributed by atoms with Gasteiger partial charge in [-0.2, -0.15) is 0 Å². The van der Waals surface area contributed by atoms with Crippen molar-refractivity contribution in [1.29, 1.82) is 0 Å². The Bertz CT molecular complexity index is 837. The first-order valence-electron chi connectivity index (χ1n) is 10.5. The predicted molar refractivity (Wildman–Crippen MR) is 116 cm³/mol. The maximum atomic E-state index is 11.7. The number of aliphatic imine (C=N–C) groups is 1. The van der Waals surface area contributed by atoms with Crippen molar-refractivity contribution in [2.24, 2.45) is 4.99 Å². The van der Waals surface area contributed by atoms with E-state index in [0.717, 1.165) is 49.8 Å². The molecule has 1 amide bonds. The number of nitrogens with zero attached hydrogens (tertiary/aromatic N) is 2. The second kappa shape index (κ2) is 10.7. The van der Waals surface area contributed by atoms with Crippen LogP contribution in [0.1, 0.15) is 42.7 Å². The van der Waals surface area contributed by atoms with E-state index in [4.69, 9.17) is 9.15 Å². The number of ether oxygens (including phenoxy) is 1. The highest BCUT2D eigenvalue weighted by Gasteiger charge is 2.23. The number of benzene rings is 1. The molecule has 3 N–H and O–H groups in total. The van der Waals surface area contributed by atoms with E-state index in [2.05, 4.69) is 25.9 Å². The number of nitrogens with one attached hydrogen (secondary N) is 3. The molecule has 1 aliphatic carbocycles. The van der Waals surface area contributed by atoms with Crippen molar-refractivity contribution in [3.05, 3.63) is 47.2 Å². The van der Waals surface area contributed by atoms with Crippen LogP contribution in [0.25, 0.3) is 0 Å². The normalized spacial score (nSPS) is 13.8. The van der Waals surface area contributed by atoms with Crippen LogP contribution in [0.3, 0.4) is 0 Å². The highest BCUT2D eigenvalue weighted by molar-refractivity contribution is 5.79. The molecule has 1 heterocycles. The van der Waals surface area contributed by atoms with Gasteiger partial charge >= 0.3 is 0 Å². The summed E-state index contributed by atoms with van der Waals surface area (Å²) < 4.78 is 11.1. The lowest BCUT2D eigenvalue weighted by Crippen LogP contribution is -2.38. The fraction of sp³-hybridized carbons (Fsp3) is 0.500. The number of aryl methyl sites for hydroxylation is 2. The maximum Gasteiger partial charge on any atom is 0.258 e. The van der Waals surface area contributed by atoms with Gasteiger partial charge in [0.15, 0.2) is 12.6 Å². The smallest absolute Gasteiger partial charge is 0.258 e. The van der Waals surface area contributed by atoms with Crippen molar-refractivity contribution >= 4 is 11.9 Å². The number of guanidine groups is 1. The van der Waals surface area contributed by atoms with Crippen LogP contribution in [0.15, 0.2) is 33.7 Å². The second-order valence-electron chi connectivity index (χ2n) is 7.40. The van der Waals surface area contributed by atoms with Gasteiger partial charge in [0, 0.05) is 19.1 Å². The first-order valence-corrected chi connectivity index (χ1v) is 10.5. The molecule has 0 saturated heterocycles. The van der Waals surface area contributed by atoms with Gasteiger partial charge in [-0.3, -0.25) is 4.79 Å².